The molecule has 1 rings (SSSR count). The third-order valence-electron chi connectivity index (χ3n) is 1.29. The van der Waals surface area contributed by atoms with E-state index in [1.54, 1.807) is 12.3 Å². The van der Waals surface area contributed by atoms with E-state index >= 15 is 0 Å². The van der Waals surface area contributed by atoms with Gasteiger partial charge in [-0.3, -0.25) is 0 Å². The fourth-order valence-electron chi connectivity index (χ4n) is 0.699. The quantitative estimate of drug-likeness (QED) is 0.504. The monoisotopic (exact) mass is 124 g/mol. The summed E-state index contributed by atoms with van der Waals surface area (Å²) in [5.41, 5.74) is 0. The SMILES string of the molecule is C#C[C@@H](O)[C@H]1C=COC1. The van der Waals surface area contributed by atoms with Gasteiger partial charge < -0.3 is 9.84 Å². The van der Waals surface area contributed by atoms with E-state index in [2.05, 4.69) is 5.92 Å². The Morgan fingerprint density at radius 1 is 1.89 bits per heavy atom. The van der Waals surface area contributed by atoms with Crippen LogP contribution in [-0.2, 0) is 4.74 Å². The number of hydrogen-bond acceptors (Lipinski definition) is 2. The fraction of sp³-hybridized carbons (Fsp3) is 0.429. The van der Waals surface area contributed by atoms with Crippen LogP contribution in [0.2, 0.25) is 0 Å². The van der Waals surface area contributed by atoms with Crippen molar-refractivity contribution in [3.63, 3.8) is 0 Å². The van der Waals surface area contributed by atoms with Crippen molar-refractivity contribution in [1.29, 1.82) is 0 Å². The summed E-state index contributed by atoms with van der Waals surface area (Å²) < 4.78 is 4.84. The summed E-state index contributed by atoms with van der Waals surface area (Å²) in [6.45, 7) is 0.505. The number of ether oxygens (including phenoxy) is 1. The van der Waals surface area contributed by atoms with Crippen molar-refractivity contribution < 1.29 is 9.84 Å². The molecule has 2 nitrogen and oxygen atoms in total. The van der Waals surface area contributed by atoms with Crippen molar-refractivity contribution in [2.75, 3.05) is 6.61 Å². The summed E-state index contributed by atoms with van der Waals surface area (Å²) in [5, 5.41) is 8.99. The molecule has 0 aromatic rings. The fourth-order valence-corrected chi connectivity index (χ4v) is 0.699. The van der Waals surface area contributed by atoms with Crippen LogP contribution in [-0.4, -0.2) is 17.8 Å². The van der Waals surface area contributed by atoms with Crippen molar-refractivity contribution in [2.45, 2.75) is 6.10 Å². The molecule has 0 unspecified atom stereocenters. The Kier molecular flexibility index (Phi) is 1.76. The number of aliphatic hydroxyl groups is 1. The predicted octanol–water partition coefficient (Wildman–Crippen LogP) is 0.141. The first-order chi connectivity index (χ1) is 4.34. The van der Waals surface area contributed by atoms with Crippen LogP contribution in [0.25, 0.3) is 0 Å². The Hall–Kier alpha value is -0.940. The minimum atomic E-state index is -0.691. The van der Waals surface area contributed by atoms with E-state index in [-0.39, 0.29) is 5.92 Å². The van der Waals surface area contributed by atoms with Gasteiger partial charge in [-0.25, -0.2) is 0 Å². The Balaban J connectivity index is 2.45. The second-order valence-electron chi connectivity index (χ2n) is 1.94. The zero-order chi connectivity index (χ0) is 6.69. The number of hydrogen-bond donors (Lipinski definition) is 1. The van der Waals surface area contributed by atoms with Crippen molar-refractivity contribution in [3.05, 3.63) is 12.3 Å². The minimum absolute atomic E-state index is 0.00463. The molecule has 0 radical (unpaired) electrons. The van der Waals surface area contributed by atoms with Gasteiger partial charge in [0.25, 0.3) is 0 Å². The Labute approximate surface area is 54.1 Å². The van der Waals surface area contributed by atoms with E-state index in [1.165, 1.54) is 0 Å². The van der Waals surface area contributed by atoms with Crippen molar-refractivity contribution in [1.82, 2.24) is 0 Å². The second kappa shape index (κ2) is 2.56. The maximum Gasteiger partial charge on any atom is 0.124 e. The lowest BCUT2D eigenvalue weighted by atomic mass is 10.1. The maximum atomic E-state index is 8.99. The molecule has 48 valence electrons. The van der Waals surface area contributed by atoms with Gasteiger partial charge >= 0.3 is 0 Å². The molecular weight excluding hydrogens is 116 g/mol. The van der Waals surface area contributed by atoms with Gasteiger partial charge in [-0.2, -0.15) is 0 Å². The van der Waals surface area contributed by atoms with Gasteiger partial charge in [0.1, 0.15) is 6.10 Å². The molecule has 1 aliphatic rings. The standard InChI is InChI=1S/C7H8O2/c1-2-7(8)6-3-4-9-5-6/h1,3-4,6-8H,5H2/t6-,7+/m0/s1. The molecule has 0 amide bonds. The summed E-state index contributed by atoms with van der Waals surface area (Å²) in [5.74, 6) is 2.23. The van der Waals surface area contributed by atoms with E-state index in [9.17, 15) is 0 Å². The Bertz CT molecular complexity index is 155. The molecule has 1 heterocycles. The molecule has 1 aliphatic heterocycles. The van der Waals surface area contributed by atoms with Crippen LogP contribution in [0.1, 0.15) is 0 Å². The second-order valence-corrected chi connectivity index (χ2v) is 1.94. The van der Waals surface area contributed by atoms with E-state index in [0.717, 1.165) is 0 Å². The molecule has 9 heavy (non-hydrogen) atoms. The third kappa shape index (κ3) is 1.24. The molecule has 0 spiro atoms. The van der Waals surface area contributed by atoms with Crippen molar-refractivity contribution in [2.24, 2.45) is 5.92 Å². The van der Waals surface area contributed by atoms with Gasteiger partial charge in [0, 0.05) is 0 Å². The summed E-state index contributed by atoms with van der Waals surface area (Å²) in [7, 11) is 0. The molecule has 2 atom stereocenters. The lowest BCUT2D eigenvalue weighted by Gasteiger charge is -2.06. The van der Waals surface area contributed by atoms with Crippen LogP contribution < -0.4 is 0 Å². The molecule has 0 saturated carbocycles. The average Bonchev–Trinajstić information content (AvgIpc) is 2.37. The van der Waals surface area contributed by atoms with Crippen LogP contribution in [0.5, 0.6) is 0 Å². The molecule has 1 N–H and O–H groups in total. The molecule has 0 bridgehead atoms. The Morgan fingerprint density at radius 3 is 3.11 bits per heavy atom. The van der Waals surface area contributed by atoms with E-state index in [1.807, 2.05) is 0 Å². The van der Waals surface area contributed by atoms with Gasteiger partial charge in [-0.1, -0.05) is 5.92 Å². The number of aliphatic hydroxyl groups excluding tert-OH is 1. The van der Waals surface area contributed by atoms with E-state index in [0.29, 0.717) is 6.61 Å². The van der Waals surface area contributed by atoms with Crippen molar-refractivity contribution >= 4 is 0 Å². The third-order valence-corrected chi connectivity index (χ3v) is 1.29. The van der Waals surface area contributed by atoms with Crippen LogP contribution in [0, 0.1) is 18.3 Å². The molecule has 2 heteroatoms. The first-order valence-electron chi connectivity index (χ1n) is 2.77. The van der Waals surface area contributed by atoms with Gasteiger partial charge in [0.05, 0.1) is 18.8 Å². The molecule has 0 saturated heterocycles. The predicted molar refractivity (Wildman–Crippen MR) is 33.4 cm³/mol. The van der Waals surface area contributed by atoms with Gasteiger partial charge in [-0.05, 0) is 6.08 Å². The van der Waals surface area contributed by atoms with E-state index < -0.39 is 6.10 Å². The van der Waals surface area contributed by atoms with Gasteiger partial charge in [0.15, 0.2) is 0 Å². The highest BCUT2D eigenvalue weighted by molar-refractivity contribution is 5.05. The van der Waals surface area contributed by atoms with Crippen LogP contribution in [0.4, 0.5) is 0 Å². The van der Waals surface area contributed by atoms with E-state index in [4.69, 9.17) is 16.3 Å². The van der Waals surface area contributed by atoms with Crippen LogP contribution in [0.15, 0.2) is 12.3 Å². The zero-order valence-corrected chi connectivity index (χ0v) is 4.95. The lowest BCUT2D eigenvalue weighted by Crippen LogP contribution is -2.17. The number of rotatable bonds is 1. The highest BCUT2D eigenvalue weighted by atomic mass is 16.5. The van der Waals surface area contributed by atoms with Crippen LogP contribution >= 0.6 is 0 Å². The first kappa shape index (κ1) is 6.18. The maximum absolute atomic E-state index is 8.99. The van der Waals surface area contributed by atoms with Gasteiger partial charge in [0.2, 0.25) is 0 Å². The molecule has 0 fully saturated rings. The largest absolute Gasteiger partial charge is 0.501 e. The highest BCUT2D eigenvalue weighted by Crippen LogP contribution is 2.11. The summed E-state index contributed by atoms with van der Waals surface area (Å²) in [6, 6.07) is 0. The lowest BCUT2D eigenvalue weighted by molar-refractivity contribution is 0.145. The van der Waals surface area contributed by atoms with Gasteiger partial charge in [-0.15, -0.1) is 6.42 Å². The molecule has 0 aromatic carbocycles. The van der Waals surface area contributed by atoms with Crippen molar-refractivity contribution in [3.8, 4) is 12.3 Å². The summed E-state index contributed by atoms with van der Waals surface area (Å²) >= 11 is 0. The minimum Gasteiger partial charge on any atom is -0.501 e. The number of terminal acetylenes is 1. The zero-order valence-electron chi connectivity index (χ0n) is 4.95. The Morgan fingerprint density at radius 2 is 2.67 bits per heavy atom. The molecule has 0 aromatic heterocycles. The normalized spacial score (nSPS) is 26.9. The topological polar surface area (TPSA) is 29.5 Å². The van der Waals surface area contributed by atoms with Crippen LogP contribution in [0.3, 0.4) is 0 Å². The molecule has 0 aliphatic carbocycles. The smallest absolute Gasteiger partial charge is 0.124 e. The molecular formula is C7H8O2. The first-order valence-corrected chi connectivity index (χ1v) is 2.77. The highest BCUT2D eigenvalue weighted by Gasteiger charge is 2.17. The summed E-state index contributed by atoms with van der Waals surface area (Å²) in [6.07, 6.45) is 7.60. The average molecular weight is 124 g/mol. The summed E-state index contributed by atoms with van der Waals surface area (Å²) in [4.78, 5) is 0.